The highest BCUT2D eigenvalue weighted by Crippen LogP contribution is 2.16. The molecular weight excluding hydrogens is 286 g/mol. The molecule has 1 rings (SSSR count). The average molecular weight is 309 g/mol. The van der Waals surface area contributed by atoms with Gasteiger partial charge < -0.3 is 25.8 Å². The van der Waals surface area contributed by atoms with E-state index in [0.717, 1.165) is 5.69 Å². The number of primary amides is 1. The molecule has 7 heteroatoms. The maximum Gasteiger partial charge on any atom is 0.407 e. The van der Waals surface area contributed by atoms with Crippen LogP contribution in [0.3, 0.4) is 0 Å². The lowest BCUT2D eigenvalue weighted by Gasteiger charge is -2.19. The molecule has 4 N–H and O–H groups in total. The van der Waals surface area contributed by atoms with Crippen LogP contribution < -0.4 is 21.1 Å². The summed E-state index contributed by atoms with van der Waals surface area (Å²) in [5, 5.41) is 5.77. The fraction of sp³-hybridized carbons (Fsp3) is 0.467. The van der Waals surface area contributed by atoms with Crippen LogP contribution in [0.2, 0.25) is 0 Å². The van der Waals surface area contributed by atoms with E-state index in [1.54, 1.807) is 18.2 Å². The molecule has 0 aromatic heterocycles. The summed E-state index contributed by atoms with van der Waals surface area (Å²) in [5.41, 5.74) is 5.32. The van der Waals surface area contributed by atoms with Crippen LogP contribution in [0.25, 0.3) is 0 Å². The molecule has 1 aromatic rings. The first-order chi connectivity index (χ1) is 10.3. The lowest BCUT2D eigenvalue weighted by Crippen LogP contribution is -2.34. The number of amides is 2. The Morgan fingerprint density at radius 3 is 2.59 bits per heavy atom. The molecule has 0 aliphatic rings. The van der Waals surface area contributed by atoms with Crippen LogP contribution in [0.5, 0.6) is 5.75 Å². The maximum absolute atomic E-state index is 11.4. The van der Waals surface area contributed by atoms with Gasteiger partial charge in [0, 0.05) is 24.8 Å². The average Bonchev–Trinajstić information content (AvgIpc) is 2.40. The van der Waals surface area contributed by atoms with Gasteiger partial charge in [0.1, 0.15) is 11.4 Å². The van der Waals surface area contributed by atoms with Crippen LogP contribution in [0.1, 0.15) is 20.8 Å². The second-order valence-electron chi connectivity index (χ2n) is 5.64. The summed E-state index contributed by atoms with van der Waals surface area (Å²) in [4.78, 5) is 22.1. The monoisotopic (exact) mass is 309 g/mol. The number of carbonyl (C=O) groups excluding carboxylic acids is 2. The van der Waals surface area contributed by atoms with Gasteiger partial charge in [-0.1, -0.05) is 6.07 Å². The van der Waals surface area contributed by atoms with Gasteiger partial charge in [0.05, 0.1) is 0 Å². The molecule has 0 heterocycles. The van der Waals surface area contributed by atoms with Crippen LogP contribution in [-0.2, 0) is 9.53 Å². The number of anilines is 1. The van der Waals surface area contributed by atoms with Crippen molar-refractivity contribution in [3.8, 4) is 5.75 Å². The molecule has 0 aliphatic heterocycles. The third kappa shape index (κ3) is 7.98. The van der Waals surface area contributed by atoms with Gasteiger partial charge in [-0.3, -0.25) is 4.79 Å². The topological polar surface area (TPSA) is 103 Å². The molecule has 22 heavy (non-hydrogen) atoms. The second-order valence-corrected chi connectivity index (χ2v) is 5.64. The van der Waals surface area contributed by atoms with Crippen molar-refractivity contribution in [3.05, 3.63) is 24.3 Å². The van der Waals surface area contributed by atoms with Gasteiger partial charge in [-0.15, -0.1) is 0 Å². The van der Waals surface area contributed by atoms with Crippen molar-refractivity contribution in [2.75, 3.05) is 25.0 Å². The predicted molar refractivity (Wildman–Crippen MR) is 83.9 cm³/mol. The highest BCUT2D eigenvalue weighted by molar-refractivity contribution is 5.75. The largest absolute Gasteiger partial charge is 0.484 e. The molecule has 0 radical (unpaired) electrons. The Kier molecular flexibility index (Phi) is 6.49. The lowest BCUT2D eigenvalue weighted by molar-refractivity contribution is -0.119. The number of nitrogens with one attached hydrogen (secondary N) is 2. The molecular formula is C15H23N3O4. The standard InChI is InChI=1S/C15H23N3O4/c1-15(2,3)22-14(20)18-8-7-17-11-5-4-6-12(9-11)21-10-13(16)19/h4-6,9,17H,7-8,10H2,1-3H3,(H2,16,19)(H,18,20). The summed E-state index contributed by atoms with van der Waals surface area (Å²) in [6, 6.07) is 7.12. The molecule has 0 atom stereocenters. The van der Waals surface area contributed by atoms with Gasteiger partial charge in [0.25, 0.3) is 5.91 Å². The third-order valence-electron chi connectivity index (χ3n) is 2.34. The predicted octanol–water partition coefficient (Wildman–Crippen LogP) is 1.49. The summed E-state index contributed by atoms with van der Waals surface area (Å²) in [6.07, 6.45) is -0.451. The zero-order valence-corrected chi connectivity index (χ0v) is 13.1. The molecule has 0 saturated heterocycles. The van der Waals surface area contributed by atoms with Crippen molar-refractivity contribution in [1.82, 2.24) is 5.32 Å². The highest BCUT2D eigenvalue weighted by atomic mass is 16.6. The van der Waals surface area contributed by atoms with E-state index in [1.807, 2.05) is 26.8 Å². The van der Waals surface area contributed by atoms with Gasteiger partial charge in [0.15, 0.2) is 6.61 Å². The number of rotatable bonds is 7. The van der Waals surface area contributed by atoms with E-state index in [1.165, 1.54) is 0 Å². The van der Waals surface area contributed by atoms with E-state index in [-0.39, 0.29) is 6.61 Å². The Labute approximate surface area is 130 Å². The van der Waals surface area contributed by atoms with Gasteiger partial charge in [-0.05, 0) is 32.9 Å². The summed E-state index contributed by atoms with van der Waals surface area (Å²) in [5.74, 6) is 0.0174. The van der Waals surface area contributed by atoms with E-state index >= 15 is 0 Å². The van der Waals surface area contributed by atoms with E-state index in [4.69, 9.17) is 15.2 Å². The third-order valence-corrected chi connectivity index (χ3v) is 2.34. The minimum absolute atomic E-state index is 0.163. The van der Waals surface area contributed by atoms with Crippen LogP contribution >= 0.6 is 0 Å². The van der Waals surface area contributed by atoms with Crippen molar-refractivity contribution < 1.29 is 19.1 Å². The second kappa shape index (κ2) is 8.11. The Morgan fingerprint density at radius 2 is 1.95 bits per heavy atom. The molecule has 0 saturated carbocycles. The SMILES string of the molecule is CC(C)(C)OC(=O)NCCNc1cccc(OCC(N)=O)c1. The lowest BCUT2D eigenvalue weighted by atomic mass is 10.2. The van der Waals surface area contributed by atoms with Gasteiger partial charge in [-0.25, -0.2) is 4.79 Å². The van der Waals surface area contributed by atoms with Crippen LogP contribution in [0, 0.1) is 0 Å². The molecule has 122 valence electrons. The molecule has 0 bridgehead atoms. The van der Waals surface area contributed by atoms with Crippen LogP contribution in [0.15, 0.2) is 24.3 Å². The number of ether oxygens (including phenoxy) is 2. The van der Waals surface area contributed by atoms with Crippen molar-refractivity contribution in [3.63, 3.8) is 0 Å². The zero-order valence-electron chi connectivity index (χ0n) is 13.1. The van der Waals surface area contributed by atoms with Crippen molar-refractivity contribution >= 4 is 17.7 Å². The first-order valence-electron chi connectivity index (χ1n) is 6.98. The van der Waals surface area contributed by atoms with E-state index in [2.05, 4.69) is 10.6 Å². The first-order valence-corrected chi connectivity index (χ1v) is 6.98. The fourth-order valence-corrected chi connectivity index (χ4v) is 1.54. The Balaban J connectivity index is 2.31. The molecule has 0 spiro atoms. The minimum Gasteiger partial charge on any atom is -0.484 e. The molecule has 0 fully saturated rings. The number of alkyl carbamates (subject to hydrolysis) is 1. The number of carbonyl (C=O) groups is 2. The summed E-state index contributed by atoms with van der Waals surface area (Å²) < 4.78 is 10.3. The summed E-state index contributed by atoms with van der Waals surface area (Å²) in [6.45, 7) is 6.21. The number of nitrogens with two attached hydrogens (primary N) is 1. The molecule has 0 unspecified atom stereocenters. The Bertz CT molecular complexity index is 512. The van der Waals surface area contributed by atoms with Gasteiger partial charge >= 0.3 is 6.09 Å². The number of hydrogen-bond acceptors (Lipinski definition) is 5. The van der Waals surface area contributed by atoms with Crippen LogP contribution in [-0.4, -0.2) is 37.3 Å². The van der Waals surface area contributed by atoms with E-state index in [0.29, 0.717) is 18.8 Å². The van der Waals surface area contributed by atoms with Crippen molar-refractivity contribution in [2.45, 2.75) is 26.4 Å². The van der Waals surface area contributed by atoms with Crippen molar-refractivity contribution in [1.29, 1.82) is 0 Å². The minimum atomic E-state index is -0.528. The molecule has 0 aliphatic carbocycles. The van der Waals surface area contributed by atoms with Crippen molar-refractivity contribution in [2.24, 2.45) is 5.73 Å². The molecule has 2 amide bonds. The molecule has 7 nitrogen and oxygen atoms in total. The van der Waals surface area contributed by atoms with Gasteiger partial charge in [0.2, 0.25) is 0 Å². The smallest absolute Gasteiger partial charge is 0.407 e. The Morgan fingerprint density at radius 1 is 1.23 bits per heavy atom. The summed E-state index contributed by atoms with van der Waals surface area (Å²) >= 11 is 0. The zero-order chi connectivity index (χ0) is 16.6. The normalized spacial score (nSPS) is 10.7. The van der Waals surface area contributed by atoms with Gasteiger partial charge in [-0.2, -0.15) is 0 Å². The van der Waals surface area contributed by atoms with Crippen LogP contribution in [0.4, 0.5) is 10.5 Å². The number of benzene rings is 1. The summed E-state index contributed by atoms with van der Waals surface area (Å²) in [7, 11) is 0. The van der Waals surface area contributed by atoms with E-state index < -0.39 is 17.6 Å². The molecule has 1 aromatic carbocycles. The first kappa shape index (κ1) is 17.6. The number of hydrogen-bond donors (Lipinski definition) is 3. The Hall–Kier alpha value is -2.44. The highest BCUT2D eigenvalue weighted by Gasteiger charge is 2.15. The van der Waals surface area contributed by atoms with E-state index in [9.17, 15) is 9.59 Å². The maximum atomic E-state index is 11.4. The fourth-order valence-electron chi connectivity index (χ4n) is 1.54. The quantitative estimate of drug-likeness (QED) is 0.662.